The van der Waals surface area contributed by atoms with Crippen molar-refractivity contribution in [3.8, 4) is 11.4 Å². The summed E-state index contributed by atoms with van der Waals surface area (Å²) in [5, 5.41) is 14.1. The Morgan fingerprint density at radius 1 is 1.15 bits per heavy atom. The fourth-order valence-corrected chi connectivity index (χ4v) is 2.23. The Morgan fingerprint density at radius 2 is 1.85 bits per heavy atom. The quantitative estimate of drug-likeness (QED) is 0.747. The zero-order chi connectivity index (χ0) is 18.7. The predicted octanol–water partition coefficient (Wildman–Crippen LogP) is 3.94. The molecule has 0 aliphatic heterocycles. The summed E-state index contributed by atoms with van der Waals surface area (Å²) in [4.78, 5) is 13.0. The predicted molar refractivity (Wildman–Crippen MR) is 94.8 cm³/mol. The highest BCUT2D eigenvalue weighted by atomic mass is 19.4. The first-order valence-corrected chi connectivity index (χ1v) is 7.63. The van der Waals surface area contributed by atoms with Gasteiger partial charge in [-0.15, -0.1) is 10.2 Å². The number of carbonyl (C=O) groups is 1. The molecule has 0 aliphatic carbocycles. The van der Waals surface area contributed by atoms with Crippen molar-refractivity contribution >= 4 is 11.6 Å². The standard InChI is InChI=1S/C17H14F3N5O.CH4/c1-11-5-7-14(8-6-11)21-15(26)10-25-23-16(22-24-25)12-3-2-4-13(9-12)17(18,19)20;/h2-9H,10H2,1H3,(H,21,26);1H4. The summed E-state index contributed by atoms with van der Waals surface area (Å²) in [6, 6.07) is 11.8. The van der Waals surface area contributed by atoms with Gasteiger partial charge in [0.2, 0.25) is 11.7 Å². The van der Waals surface area contributed by atoms with Gasteiger partial charge in [0.05, 0.1) is 5.56 Å². The SMILES string of the molecule is C.Cc1ccc(NC(=O)Cn2nnc(-c3cccc(C(F)(F)F)c3)n2)cc1. The molecular weight excluding hydrogens is 359 g/mol. The van der Waals surface area contributed by atoms with Gasteiger partial charge < -0.3 is 5.32 Å². The molecule has 27 heavy (non-hydrogen) atoms. The van der Waals surface area contributed by atoms with Crippen molar-refractivity contribution in [2.75, 3.05) is 5.32 Å². The molecule has 0 atom stereocenters. The summed E-state index contributed by atoms with van der Waals surface area (Å²) in [6.07, 6.45) is -4.46. The van der Waals surface area contributed by atoms with Crippen molar-refractivity contribution in [1.82, 2.24) is 20.2 Å². The van der Waals surface area contributed by atoms with Crippen molar-refractivity contribution in [3.63, 3.8) is 0 Å². The van der Waals surface area contributed by atoms with E-state index in [1.807, 2.05) is 19.1 Å². The van der Waals surface area contributed by atoms with Gasteiger partial charge in [-0.25, -0.2) is 0 Å². The molecule has 3 aromatic rings. The first-order chi connectivity index (χ1) is 12.3. The molecule has 9 heteroatoms. The van der Waals surface area contributed by atoms with Gasteiger partial charge in [0.1, 0.15) is 6.54 Å². The molecule has 0 saturated heterocycles. The van der Waals surface area contributed by atoms with Crippen LogP contribution in [0.5, 0.6) is 0 Å². The Bertz CT molecular complexity index is 919. The van der Waals surface area contributed by atoms with Crippen LogP contribution in [0.15, 0.2) is 48.5 Å². The largest absolute Gasteiger partial charge is 0.416 e. The molecule has 1 heterocycles. The molecule has 0 fully saturated rings. The highest BCUT2D eigenvalue weighted by molar-refractivity contribution is 5.90. The van der Waals surface area contributed by atoms with Crippen molar-refractivity contribution in [3.05, 3.63) is 59.7 Å². The van der Waals surface area contributed by atoms with Gasteiger partial charge in [-0.1, -0.05) is 37.3 Å². The number of aryl methyl sites for hydroxylation is 1. The smallest absolute Gasteiger partial charge is 0.324 e. The second kappa shape index (κ2) is 7.98. The molecule has 0 unspecified atom stereocenters. The fraction of sp³-hybridized carbons (Fsp3) is 0.222. The minimum Gasteiger partial charge on any atom is -0.324 e. The molecular formula is C18H18F3N5O. The first kappa shape index (κ1) is 20.1. The summed E-state index contributed by atoms with van der Waals surface area (Å²) in [7, 11) is 0. The molecule has 0 aliphatic rings. The Morgan fingerprint density at radius 3 is 2.52 bits per heavy atom. The van der Waals surface area contributed by atoms with Gasteiger partial charge in [-0.2, -0.15) is 18.0 Å². The Hall–Kier alpha value is -3.23. The molecule has 3 rings (SSSR count). The number of amides is 1. The van der Waals surface area contributed by atoms with E-state index in [0.717, 1.165) is 22.5 Å². The Kier molecular flexibility index (Phi) is 5.94. The second-order valence-corrected chi connectivity index (χ2v) is 5.64. The van der Waals surface area contributed by atoms with Gasteiger partial charge in [0.25, 0.3) is 0 Å². The minimum absolute atomic E-state index is 0. The van der Waals surface area contributed by atoms with Crippen LogP contribution in [-0.2, 0) is 17.5 Å². The molecule has 0 radical (unpaired) electrons. The van der Waals surface area contributed by atoms with E-state index >= 15 is 0 Å². The van der Waals surface area contributed by atoms with E-state index < -0.39 is 11.7 Å². The lowest BCUT2D eigenvalue weighted by Gasteiger charge is -2.06. The molecule has 0 spiro atoms. The van der Waals surface area contributed by atoms with Crippen LogP contribution in [0, 0.1) is 6.92 Å². The number of halogens is 3. The molecule has 1 aromatic heterocycles. The topological polar surface area (TPSA) is 72.7 Å². The fourth-order valence-electron chi connectivity index (χ4n) is 2.23. The maximum absolute atomic E-state index is 12.8. The number of hydrogen-bond donors (Lipinski definition) is 1. The molecule has 0 saturated carbocycles. The van der Waals surface area contributed by atoms with Crippen LogP contribution in [0.4, 0.5) is 18.9 Å². The third-order valence-corrected chi connectivity index (χ3v) is 3.52. The van der Waals surface area contributed by atoms with E-state index in [4.69, 9.17) is 0 Å². The summed E-state index contributed by atoms with van der Waals surface area (Å²) in [5.74, 6) is -0.360. The Labute approximate surface area is 154 Å². The van der Waals surface area contributed by atoms with E-state index in [2.05, 4.69) is 20.7 Å². The Balaban J connectivity index is 0.00000261. The van der Waals surface area contributed by atoms with Gasteiger partial charge in [-0.05, 0) is 36.4 Å². The van der Waals surface area contributed by atoms with Crippen molar-refractivity contribution in [1.29, 1.82) is 0 Å². The van der Waals surface area contributed by atoms with E-state index in [0.29, 0.717) is 5.69 Å². The van der Waals surface area contributed by atoms with Crippen LogP contribution in [0.3, 0.4) is 0 Å². The number of benzene rings is 2. The number of alkyl halides is 3. The zero-order valence-corrected chi connectivity index (χ0v) is 13.7. The number of aromatic nitrogens is 4. The van der Waals surface area contributed by atoms with Crippen LogP contribution in [0.25, 0.3) is 11.4 Å². The molecule has 1 N–H and O–H groups in total. The van der Waals surface area contributed by atoms with Gasteiger partial charge in [-0.3, -0.25) is 4.79 Å². The monoisotopic (exact) mass is 377 g/mol. The lowest BCUT2D eigenvalue weighted by Crippen LogP contribution is -2.20. The highest BCUT2D eigenvalue weighted by Gasteiger charge is 2.30. The van der Waals surface area contributed by atoms with Crippen molar-refractivity contribution in [2.24, 2.45) is 0 Å². The lowest BCUT2D eigenvalue weighted by atomic mass is 10.1. The number of anilines is 1. The highest BCUT2D eigenvalue weighted by Crippen LogP contribution is 2.31. The summed E-state index contributed by atoms with van der Waals surface area (Å²) in [6.45, 7) is 1.72. The number of nitrogens with zero attached hydrogens (tertiary/aromatic N) is 4. The molecule has 1 amide bonds. The number of carbonyl (C=O) groups excluding carboxylic acids is 1. The number of hydrogen-bond acceptors (Lipinski definition) is 4. The molecule has 6 nitrogen and oxygen atoms in total. The molecule has 2 aromatic carbocycles. The van der Waals surface area contributed by atoms with E-state index in [9.17, 15) is 18.0 Å². The van der Waals surface area contributed by atoms with Crippen LogP contribution in [-0.4, -0.2) is 26.1 Å². The number of tetrazole rings is 1. The van der Waals surface area contributed by atoms with Crippen LogP contribution >= 0.6 is 0 Å². The van der Waals surface area contributed by atoms with E-state index in [-0.39, 0.29) is 31.3 Å². The zero-order valence-electron chi connectivity index (χ0n) is 13.7. The normalized spacial score (nSPS) is 11.0. The van der Waals surface area contributed by atoms with Crippen LogP contribution in [0.1, 0.15) is 18.6 Å². The number of nitrogens with one attached hydrogen (secondary N) is 1. The van der Waals surface area contributed by atoms with E-state index in [1.165, 1.54) is 12.1 Å². The third-order valence-electron chi connectivity index (χ3n) is 3.52. The van der Waals surface area contributed by atoms with Gasteiger partial charge >= 0.3 is 6.18 Å². The van der Waals surface area contributed by atoms with Crippen LogP contribution < -0.4 is 5.32 Å². The maximum Gasteiger partial charge on any atom is 0.416 e. The summed E-state index contributed by atoms with van der Waals surface area (Å²) < 4.78 is 38.3. The second-order valence-electron chi connectivity index (χ2n) is 5.64. The molecule has 0 bridgehead atoms. The molecule has 142 valence electrons. The van der Waals surface area contributed by atoms with Crippen LogP contribution in [0.2, 0.25) is 0 Å². The first-order valence-electron chi connectivity index (χ1n) is 7.63. The van der Waals surface area contributed by atoms with Crippen molar-refractivity contribution in [2.45, 2.75) is 27.1 Å². The minimum atomic E-state index is -4.46. The summed E-state index contributed by atoms with van der Waals surface area (Å²) in [5.41, 5.74) is 1.05. The van der Waals surface area contributed by atoms with Gasteiger partial charge in [0.15, 0.2) is 0 Å². The summed E-state index contributed by atoms with van der Waals surface area (Å²) >= 11 is 0. The lowest BCUT2D eigenvalue weighted by molar-refractivity contribution is -0.137. The maximum atomic E-state index is 12.8. The average molecular weight is 377 g/mol. The number of rotatable bonds is 4. The van der Waals surface area contributed by atoms with Crippen molar-refractivity contribution < 1.29 is 18.0 Å². The third kappa shape index (κ3) is 5.13. The van der Waals surface area contributed by atoms with Gasteiger partial charge in [0, 0.05) is 11.3 Å². The van der Waals surface area contributed by atoms with E-state index in [1.54, 1.807) is 12.1 Å². The average Bonchev–Trinajstić information content (AvgIpc) is 3.05.